The van der Waals surface area contributed by atoms with Crippen LogP contribution in [0.15, 0.2) is 41.5 Å². The van der Waals surface area contributed by atoms with Gasteiger partial charge in [0.15, 0.2) is 18.1 Å². The third kappa shape index (κ3) is 6.02. The molecule has 0 unspecified atom stereocenters. The third-order valence-corrected chi connectivity index (χ3v) is 3.73. The normalized spacial score (nSPS) is 10.7. The van der Waals surface area contributed by atoms with E-state index in [1.165, 1.54) is 0 Å². The predicted molar refractivity (Wildman–Crippen MR) is 106 cm³/mol. The van der Waals surface area contributed by atoms with Gasteiger partial charge in [-0.3, -0.25) is 4.79 Å². The van der Waals surface area contributed by atoms with Crippen molar-refractivity contribution in [3.05, 3.63) is 53.1 Å². The Morgan fingerprint density at radius 2 is 1.67 bits per heavy atom. The Morgan fingerprint density at radius 1 is 1.00 bits per heavy atom. The molecule has 2 aromatic rings. The van der Waals surface area contributed by atoms with E-state index in [9.17, 15) is 4.79 Å². The molecule has 0 saturated carbocycles. The van der Waals surface area contributed by atoms with Crippen LogP contribution in [0, 0.1) is 13.8 Å². The summed E-state index contributed by atoms with van der Waals surface area (Å²) < 4.78 is 16.7. The SMILES string of the molecule is CCOc1ccc(/C=N/NC(=O)COc2c(C)cccc2C)cc1OCC. The highest BCUT2D eigenvalue weighted by molar-refractivity contribution is 5.83. The number of hydrazone groups is 1. The van der Waals surface area contributed by atoms with Crippen molar-refractivity contribution >= 4 is 12.1 Å². The Bertz CT molecular complexity index is 783. The molecule has 144 valence electrons. The number of ether oxygens (including phenoxy) is 3. The monoisotopic (exact) mass is 370 g/mol. The Morgan fingerprint density at radius 3 is 2.33 bits per heavy atom. The molecule has 27 heavy (non-hydrogen) atoms. The van der Waals surface area contributed by atoms with Gasteiger partial charge >= 0.3 is 0 Å². The molecule has 0 bridgehead atoms. The second-order valence-corrected chi connectivity index (χ2v) is 5.87. The average Bonchev–Trinajstić information content (AvgIpc) is 2.64. The highest BCUT2D eigenvalue weighted by atomic mass is 16.5. The van der Waals surface area contributed by atoms with Crippen LogP contribution in [0.5, 0.6) is 17.2 Å². The van der Waals surface area contributed by atoms with E-state index in [1.54, 1.807) is 6.21 Å². The van der Waals surface area contributed by atoms with E-state index in [2.05, 4.69) is 10.5 Å². The van der Waals surface area contributed by atoms with Gasteiger partial charge < -0.3 is 14.2 Å². The molecule has 1 N–H and O–H groups in total. The quantitative estimate of drug-likeness (QED) is 0.541. The summed E-state index contributed by atoms with van der Waals surface area (Å²) >= 11 is 0. The molecule has 6 heteroatoms. The van der Waals surface area contributed by atoms with E-state index >= 15 is 0 Å². The van der Waals surface area contributed by atoms with Crippen molar-refractivity contribution in [3.8, 4) is 17.2 Å². The van der Waals surface area contributed by atoms with E-state index in [-0.39, 0.29) is 12.5 Å². The minimum Gasteiger partial charge on any atom is -0.490 e. The van der Waals surface area contributed by atoms with Gasteiger partial charge in [-0.25, -0.2) is 5.43 Å². The van der Waals surface area contributed by atoms with Gasteiger partial charge in [0.05, 0.1) is 19.4 Å². The van der Waals surface area contributed by atoms with Crippen LogP contribution in [0.1, 0.15) is 30.5 Å². The fraction of sp³-hybridized carbons (Fsp3) is 0.333. The lowest BCUT2D eigenvalue weighted by Gasteiger charge is -2.11. The van der Waals surface area contributed by atoms with Crippen LogP contribution in [-0.4, -0.2) is 31.9 Å². The zero-order valence-corrected chi connectivity index (χ0v) is 16.2. The minimum atomic E-state index is -0.329. The fourth-order valence-electron chi connectivity index (χ4n) is 2.52. The molecule has 0 saturated heterocycles. The second-order valence-electron chi connectivity index (χ2n) is 5.87. The van der Waals surface area contributed by atoms with Gasteiger partial charge in [0.25, 0.3) is 5.91 Å². The summed E-state index contributed by atoms with van der Waals surface area (Å²) in [5.41, 5.74) is 5.23. The lowest BCUT2D eigenvalue weighted by molar-refractivity contribution is -0.123. The molecule has 0 aromatic heterocycles. The number of amides is 1. The zero-order valence-electron chi connectivity index (χ0n) is 16.2. The van der Waals surface area contributed by atoms with Crippen molar-refractivity contribution in [2.24, 2.45) is 5.10 Å². The first kappa shape index (κ1) is 20.3. The van der Waals surface area contributed by atoms with Crippen molar-refractivity contribution in [2.75, 3.05) is 19.8 Å². The Hall–Kier alpha value is -3.02. The maximum absolute atomic E-state index is 11.9. The van der Waals surface area contributed by atoms with Gasteiger partial charge in [-0.15, -0.1) is 0 Å². The van der Waals surface area contributed by atoms with E-state index < -0.39 is 0 Å². The number of nitrogens with one attached hydrogen (secondary N) is 1. The molecule has 0 spiro atoms. The second kappa shape index (κ2) is 10.2. The standard InChI is InChI=1S/C21H26N2O4/c1-5-25-18-11-10-17(12-19(18)26-6-2)13-22-23-20(24)14-27-21-15(3)8-7-9-16(21)4/h7-13H,5-6,14H2,1-4H3,(H,23,24)/b22-13+. The van der Waals surface area contributed by atoms with Crippen molar-refractivity contribution in [1.29, 1.82) is 0 Å². The number of carbonyl (C=O) groups is 1. The van der Waals surface area contributed by atoms with Crippen LogP contribution in [0.2, 0.25) is 0 Å². The number of nitrogens with zero attached hydrogens (tertiary/aromatic N) is 1. The Kier molecular flexibility index (Phi) is 7.67. The predicted octanol–water partition coefficient (Wildman–Crippen LogP) is 3.63. The first-order valence-corrected chi connectivity index (χ1v) is 8.95. The topological polar surface area (TPSA) is 69.2 Å². The molecule has 0 aliphatic rings. The number of hydrogen-bond donors (Lipinski definition) is 1. The summed E-state index contributed by atoms with van der Waals surface area (Å²) in [6.45, 7) is 8.71. The molecule has 0 aliphatic carbocycles. The molecule has 0 aliphatic heterocycles. The smallest absolute Gasteiger partial charge is 0.277 e. The number of carbonyl (C=O) groups excluding carboxylic acids is 1. The van der Waals surface area contributed by atoms with E-state index in [1.807, 2.05) is 64.1 Å². The summed E-state index contributed by atoms with van der Waals surface area (Å²) in [4.78, 5) is 11.9. The lowest BCUT2D eigenvalue weighted by atomic mass is 10.1. The van der Waals surface area contributed by atoms with Crippen molar-refractivity contribution in [1.82, 2.24) is 5.43 Å². The number of aryl methyl sites for hydroxylation is 2. The van der Waals surface area contributed by atoms with Gasteiger partial charge in [-0.05, 0) is 62.6 Å². The summed E-state index contributed by atoms with van der Waals surface area (Å²) in [6, 6.07) is 11.3. The van der Waals surface area contributed by atoms with E-state index in [0.717, 1.165) is 22.4 Å². The number of benzene rings is 2. The van der Waals surface area contributed by atoms with Crippen molar-refractivity contribution < 1.29 is 19.0 Å². The molecule has 2 rings (SSSR count). The molecule has 0 fully saturated rings. The van der Waals surface area contributed by atoms with Gasteiger partial charge in [0.1, 0.15) is 5.75 Å². The van der Waals surface area contributed by atoms with Gasteiger partial charge in [-0.1, -0.05) is 18.2 Å². The van der Waals surface area contributed by atoms with Gasteiger partial charge in [0, 0.05) is 0 Å². The van der Waals surface area contributed by atoms with Crippen molar-refractivity contribution in [3.63, 3.8) is 0 Å². The molecule has 0 heterocycles. The lowest BCUT2D eigenvalue weighted by Crippen LogP contribution is -2.25. The van der Waals surface area contributed by atoms with Crippen LogP contribution >= 0.6 is 0 Å². The summed E-state index contributed by atoms with van der Waals surface area (Å²) in [7, 11) is 0. The molecular weight excluding hydrogens is 344 g/mol. The molecule has 0 atom stereocenters. The zero-order chi connectivity index (χ0) is 19.6. The molecular formula is C21H26N2O4. The van der Waals surface area contributed by atoms with E-state index in [0.29, 0.717) is 24.7 Å². The average molecular weight is 370 g/mol. The Labute approximate surface area is 160 Å². The van der Waals surface area contributed by atoms with Crippen LogP contribution < -0.4 is 19.6 Å². The van der Waals surface area contributed by atoms with Crippen LogP contribution in [-0.2, 0) is 4.79 Å². The van der Waals surface area contributed by atoms with Crippen LogP contribution in [0.4, 0.5) is 0 Å². The highest BCUT2D eigenvalue weighted by Crippen LogP contribution is 2.28. The largest absolute Gasteiger partial charge is 0.490 e. The molecule has 0 radical (unpaired) electrons. The van der Waals surface area contributed by atoms with Gasteiger partial charge in [0.2, 0.25) is 0 Å². The van der Waals surface area contributed by atoms with E-state index in [4.69, 9.17) is 14.2 Å². The molecule has 6 nitrogen and oxygen atoms in total. The molecule has 2 aromatic carbocycles. The Balaban J connectivity index is 1.92. The van der Waals surface area contributed by atoms with Crippen molar-refractivity contribution in [2.45, 2.75) is 27.7 Å². The maximum atomic E-state index is 11.9. The summed E-state index contributed by atoms with van der Waals surface area (Å²) in [6.07, 6.45) is 1.55. The van der Waals surface area contributed by atoms with Gasteiger partial charge in [-0.2, -0.15) is 5.10 Å². The molecule has 1 amide bonds. The van der Waals surface area contributed by atoms with Crippen LogP contribution in [0.25, 0.3) is 0 Å². The van der Waals surface area contributed by atoms with Crippen LogP contribution in [0.3, 0.4) is 0 Å². The first-order chi connectivity index (χ1) is 13.0. The fourth-order valence-corrected chi connectivity index (χ4v) is 2.52. The maximum Gasteiger partial charge on any atom is 0.277 e. The summed E-state index contributed by atoms with van der Waals surface area (Å²) in [5.74, 6) is 1.73. The minimum absolute atomic E-state index is 0.101. The first-order valence-electron chi connectivity index (χ1n) is 8.95. The highest BCUT2D eigenvalue weighted by Gasteiger charge is 2.07. The number of rotatable bonds is 9. The number of para-hydroxylation sites is 1. The summed E-state index contributed by atoms with van der Waals surface area (Å²) in [5, 5.41) is 3.97. The third-order valence-electron chi connectivity index (χ3n) is 3.73. The number of hydrogen-bond acceptors (Lipinski definition) is 5.